The van der Waals surface area contributed by atoms with Crippen molar-refractivity contribution in [2.75, 3.05) is 5.75 Å². The number of hydrogen-bond acceptors (Lipinski definition) is 3. The fourth-order valence-corrected chi connectivity index (χ4v) is 1.93. The quantitative estimate of drug-likeness (QED) is 0.435. The molecule has 1 atom stereocenters. The summed E-state index contributed by atoms with van der Waals surface area (Å²) in [5.41, 5.74) is 1.37. The van der Waals surface area contributed by atoms with Crippen LogP contribution in [-0.4, -0.2) is 15.9 Å². The first-order valence-corrected chi connectivity index (χ1v) is 5.65. The van der Waals surface area contributed by atoms with Crippen LogP contribution in [0.4, 0.5) is 5.69 Å². The Hall–Kier alpha value is -1.03. The minimum Gasteiger partial charge on any atom is -0.258 e. The molecule has 0 saturated carbocycles. The first-order valence-electron chi connectivity index (χ1n) is 4.60. The maximum Gasteiger partial charge on any atom is 0.269 e. The van der Waals surface area contributed by atoms with Gasteiger partial charge in [-0.05, 0) is 18.4 Å². The number of hydrogen-bond donors (Lipinski definition) is 0. The van der Waals surface area contributed by atoms with Crippen molar-refractivity contribution in [2.24, 2.45) is 0 Å². The molecule has 3 nitrogen and oxygen atoms in total. The zero-order valence-corrected chi connectivity index (χ0v) is 8.50. The van der Waals surface area contributed by atoms with Gasteiger partial charge < -0.3 is 0 Å². The maximum absolute atomic E-state index is 10.4. The maximum atomic E-state index is 10.4. The second-order valence-corrected chi connectivity index (χ2v) is 4.75. The van der Waals surface area contributed by atoms with Crippen LogP contribution in [0.5, 0.6) is 0 Å². The Balaban J connectivity index is 1.94. The summed E-state index contributed by atoms with van der Waals surface area (Å²) in [6.07, 6.45) is 2.23. The van der Waals surface area contributed by atoms with Gasteiger partial charge in [-0.25, -0.2) is 0 Å². The minimum atomic E-state index is -0.361. The molecule has 1 aromatic carbocycles. The van der Waals surface area contributed by atoms with Crippen molar-refractivity contribution in [1.29, 1.82) is 0 Å². The van der Waals surface area contributed by atoms with Gasteiger partial charge in [-0.2, -0.15) is 11.8 Å². The molecule has 1 aliphatic rings. The van der Waals surface area contributed by atoms with Crippen molar-refractivity contribution in [1.82, 2.24) is 0 Å². The zero-order chi connectivity index (χ0) is 9.97. The predicted molar refractivity (Wildman–Crippen MR) is 57.7 cm³/mol. The largest absolute Gasteiger partial charge is 0.269 e. The highest BCUT2D eigenvalue weighted by atomic mass is 32.2. The van der Waals surface area contributed by atoms with E-state index in [9.17, 15) is 10.1 Å². The first kappa shape index (κ1) is 9.52. The molecule has 1 aromatic rings. The lowest BCUT2D eigenvalue weighted by atomic mass is 10.1. The lowest BCUT2D eigenvalue weighted by Crippen LogP contribution is -1.91. The number of rotatable bonds is 4. The topological polar surface area (TPSA) is 43.1 Å². The number of nitro benzene ring substituents is 1. The molecule has 0 aliphatic carbocycles. The Kier molecular flexibility index (Phi) is 2.72. The molecule has 74 valence electrons. The van der Waals surface area contributed by atoms with Crippen molar-refractivity contribution in [2.45, 2.75) is 18.1 Å². The highest BCUT2D eigenvalue weighted by molar-refractivity contribution is 8.06. The lowest BCUT2D eigenvalue weighted by molar-refractivity contribution is -0.384. The normalized spacial score (nSPS) is 19.3. The van der Waals surface area contributed by atoms with E-state index >= 15 is 0 Å². The highest BCUT2D eigenvalue weighted by Crippen LogP contribution is 2.33. The van der Waals surface area contributed by atoms with Crippen LogP contribution in [-0.2, 0) is 6.42 Å². The van der Waals surface area contributed by atoms with Crippen LogP contribution in [0.1, 0.15) is 12.0 Å². The van der Waals surface area contributed by atoms with E-state index in [4.69, 9.17) is 0 Å². The summed E-state index contributed by atoms with van der Waals surface area (Å²) in [6, 6.07) is 6.86. The molecule has 4 heteroatoms. The van der Waals surface area contributed by atoms with E-state index in [-0.39, 0.29) is 10.6 Å². The predicted octanol–water partition coefficient (Wildman–Crippen LogP) is 2.64. The monoisotopic (exact) mass is 209 g/mol. The van der Waals surface area contributed by atoms with E-state index in [0.29, 0.717) is 0 Å². The average Bonchev–Trinajstić information content (AvgIpc) is 2.99. The standard InChI is InChI=1S/C10H11NO2S/c12-11(13)9-4-1-8(2-5-9)3-6-10-7-14-10/h1-2,4-5,10H,3,6-7H2. The Morgan fingerprint density at radius 3 is 2.57 bits per heavy atom. The molecule has 0 radical (unpaired) electrons. The third-order valence-corrected chi connectivity index (χ3v) is 3.34. The number of aryl methyl sites for hydroxylation is 1. The van der Waals surface area contributed by atoms with Crippen molar-refractivity contribution in [3.63, 3.8) is 0 Å². The summed E-state index contributed by atoms with van der Waals surface area (Å²) in [6.45, 7) is 0. The lowest BCUT2D eigenvalue weighted by Gasteiger charge is -1.98. The van der Waals surface area contributed by atoms with Crippen molar-refractivity contribution in [3.05, 3.63) is 39.9 Å². The fourth-order valence-electron chi connectivity index (χ4n) is 1.35. The Morgan fingerprint density at radius 2 is 2.07 bits per heavy atom. The van der Waals surface area contributed by atoms with E-state index < -0.39 is 0 Å². The molecule has 0 aromatic heterocycles. The van der Waals surface area contributed by atoms with Gasteiger partial charge in [0.05, 0.1) is 4.92 Å². The summed E-state index contributed by atoms with van der Waals surface area (Å²) in [5.74, 6) is 1.28. The molecule has 1 heterocycles. The average molecular weight is 209 g/mol. The molecule has 1 unspecified atom stereocenters. The van der Waals surface area contributed by atoms with Gasteiger partial charge in [0.2, 0.25) is 0 Å². The molecular weight excluding hydrogens is 198 g/mol. The van der Waals surface area contributed by atoms with Crippen LogP contribution in [0, 0.1) is 10.1 Å². The minimum absolute atomic E-state index is 0.176. The SMILES string of the molecule is O=[N+]([O-])c1ccc(CCC2CS2)cc1. The van der Waals surface area contributed by atoms with Crippen LogP contribution in [0.25, 0.3) is 0 Å². The Bertz CT molecular complexity index is 332. The Labute approximate surface area is 86.7 Å². The Morgan fingerprint density at radius 1 is 1.43 bits per heavy atom. The fraction of sp³-hybridized carbons (Fsp3) is 0.400. The number of nitrogens with zero attached hydrogens (tertiary/aromatic N) is 1. The molecule has 1 saturated heterocycles. The molecule has 14 heavy (non-hydrogen) atoms. The van der Waals surface area contributed by atoms with Gasteiger partial charge in [-0.15, -0.1) is 0 Å². The second-order valence-electron chi connectivity index (χ2n) is 3.42. The van der Waals surface area contributed by atoms with Crippen LogP contribution in [0.2, 0.25) is 0 Å². The van der Waals surface area contributed by atoms with Gasteiger partial charge in [0.15, 0.2) is 0 Å². The molecule has 1 fully saturated rings. The second kappa shape index (κ2) is 4.00. The molecule has 2 rings (SSSR count). The van der Waals surface area contributed by atoms with E-state index in [1.165, 1.54) is 17.7 Å². The molecule has 0 spiro atoms. The number of nitro groups is 1. The summed E-state index contributed by atoms with van der Waals surface area (Å²) >= 11 is 1.99. The van der Waals surface area contributed by atoms with Crippen LogP contribution >= 0.6 is 11.8 Å². The summed E-state index contributed by atoms with van der Waals surface area (Å²) in [4.78, 5) is 10.0. The van der Waals surface area contributed by atoms with Gasteiger partial charge in [0.1, 0.15) is 0 Å². The van der Waals surface area contributed by atoms with Gasteiger partial charge in [0.25, 0.3) is 5.69 Å². The van der Waals surface area contributed by atoms with Crippen LogP contribution < -0.4 is 0 Å². The van der Waals surface area contributed by atoms with Crippen molar-refractivity contribution < 1.29 is 4.92 Å². The zero-order valence-electron chi connectivity index (χ0n) is 7.68. The van der Waals surface area contributed by atoms with Crippen LogP contribution in [0.15, 0.2) is 24.3 Å². The van der Waals surface area contributed by atoms with Crippen molar-refractivity contribution >= 4 is 17.4 Å². The van der Waals surface area contributed by atoms with Gasteiger partial charge >= 0.3 is 0 Å². The van der Waals surface area contributed by atoms with Crippen LogP contribution in [0.3, 0.4) is 0 Å². The molecule has 0 amide bonds. The number of non-ortho nitro benzene ring substituents is 1. The van der Waals surface area contributed by atoms with E-state index in [1.54, 1.807) is 12.1 Å². The van der Waals surface area contributed by atoms with E-state index in [1.807, 2.05) is 23.9 Å². The summed E-state index contributed by atoms with van der Waals surface area (Å²) < 4.78 is 0. The van der Waals surface area contributed by atoms with Crippen molar-refractivity contribution in [3.8, 4) is 0 Å². The van der Waals surface area contributed by atoms with Gasteiger partial charge in [-0.3, -0.25) is 10.1 Å². The van der Waals surface area contributed by atoms with Gasteiger partial charge in [-0.1, -0.05) is 12.1 Å². The number of benzene rings is 1. The first-order chi connectivity index (χ1) is 6.75. The highest BCUT2D eigenvalue weighted by Gasteiger charge is 2.21. The van der Waals surface area contributed by atoms with E-state index in [2.05, 4.69) is 0 Å². The number of thioether (sulfide) groups is 1. The third kappa shape index (κ3) is 2.48. The molecule has 0 bridgehead atoms. The van der Waals surface area contributed by atoms with Gasteiger partial charge in [0, 0.05) is 23.1 Å². The molecule has 1 aliphatic heterocycles. The molecular formula is C10H11NO2S. The summed E-state index contributed by atoms with van der Waals surface area (Å²) in [7, 11) is 0. The van der Waals surface area contributed by atoms with E-state index in [0.717, 1.165) is 11.7 Å². The smallest absolute Gasteiger partial charge is 0.258 e. The molecule has 0 N–H and O–H groups in total. The third-order valence-electron chi connectivity index (χ3n) is 2.30. The summed E-state index contributed by atoms with van der Waals surface area (Å²) in [5, 5.41) is 11.2.